The van der Waals surface area contributed by atoms with Crippen molar-refractivity contribution < 1.29 is 5.11 Å². The third-order valence-corrected chi connectivity index (χ3v) is 2.97. The van der Waals surface area contributed by atoms with Crippen molar-refractivity contribution >= 4 is 17.3 Å². The molecule has 0 aliphatic heterocycles. The van der Waals surface area contributed by atoms with Crippen molar-refractivity contribution in [1.29, 1.82) is 0 Å². The number of hydrogen-bond acceptors (Lipinski definition) is 2. The molecule has 1 aliphatic carbocycles. The van der Waals surface area contributed by atoms with E-state index < -0.39 is 0 Å². The predicted molar refractivity (Wildman–Crippen MR) is 58.9 cm³/mol. The van der Waals surface area contributed by atoms with Crippen LogP contribution in [0.25, 0.3) is 0 Å². The number of aromatic hydroxyl groups is 1. The van der Waals surface area contributed by atoms with Crippen molar-refractivity contribution in [3.05, 3.63) is 23.2 Å². The summed E-state index contributed by atoms with van der Waals surface area (Å²) in [7, 11) is 0. The van der Waals surface area contributed by atoms with Crippen molar-refractivity contribution in [2.75, 3.05) is 5.32 Å². The van der Waals surface area contributed by atoms with E-state index in [1.165, 1.54) is 12.8 Å². The van der Waals surface area contributed by atoms with Crippen molar-refractivity contribution in [3.63, 3.8) is 0 Å². The van der Waals surface area contributed by atoms with Gasteiger partial charge in [0.1, 0.15) is 5.75 Å². The summed E-state index contributed by atoms with van der Waals surface area (Å²) in [5, 5.41) is 13.0. The van der Waals surface area contributed by atoms with Crippen LogP contribution in [-0.2, 0) is 0 Å². The summed E-state index contributed by atoms with van der Waals surface area (Å²) in [6, 6.07) is 5.72. The van der Waals surface area contributed by atoms with E-state index in [1.807, 2.05) is 6.07 Å². The molecule has 2 nitrogen and oxygen atoms in total. The van der Waals surface area contributed by atoms with Gasteiger partial charge in [0.15, 0.2) is 0 Å². The molecule has 1 aromatic rings. The molecule has 76 valence electrons. The van der Waals surface area contributed by atoms with Gasteiger partial charge in [-0.15, -0.1) is 0 Å². The molecule has 0 radical (unpaired) electrons. The lowest BCUT2D eigenvalue weighted by atomic mass is 10.2. The molecule has 0 spiro atoms. The number of phenolic OH excluding ortho intramolecular Hbond substituents is 1. The molecule has 1 atom stereocenters. The average Bonchev–Trinajstić information content (AvgIpc) is 2.94. The van der Waals surface area contributed by atoms with Crippen molar-refractivity contribution in [2.45, 2.75) is 25.8 Å². The third-order valence-electron chi connectivity index (χ3n) is 2.67. The van der Waals surface area contributed by atoms with Gasteiger partial charge in [0.25, 0.3) is 0 Å². The smallest absolute Gasteiger partial charge is 0.134 e. The number of anilines is 1. The molecule has 1 unspecified atom stereocenters. The Kier molecular flexibility index (Phi) is 2.55. The molecular weight excluding hydrogens is 198 g/mol. The predicted octanol–water partition coefficient (Wildman–Crippen LogP) is 3.26. The average molecular weight is 212 g/mol. The van der Waals surface area contributed by atoms with E-state index in [-0.39, 0.29) is 5.75 Å². The van der Waals surface area contributed by atoms with Crippen LogP contribution in [0.15, 0.2) is 18.2 Å². The summed E-state index contributed by atoms with van der Waals surface area (Å²) in [5.74, 6) is 0.943. The van der Waals surface area contributed by atoms with E-state index in [0.717, 1.165) is 11.6 Å². The van der Waals surface area contributed by atoms with Crippen LogP contribution in [-0.4, -0.2) is 11.1 Å². The molecule has 1 aromatic carbocycles. The molecule has 1 aliphatic rings. The summed E-state index contributed by atoms with van der Waals surface area (Å²) in [4.78, 5) is 0. The van der Waals surface area contributed by atoms with Gasteiger partial charge >= 0.3 is 0 Å². The maximum atomic E-state index is 9.24. The first-order valence-corrected chi connectivity index (χ1v) is 5.29. The summed E-state index contributed by atoms with van der Waals surface area (Å²) >= 11 is 5.80. The van der Waals surface area contributed by atoms with E-state index in [2.05, 4.69) is 12.2 Å². The van der Waals surface area contributed by atoms with Gasteiger partial charge in [-0.1, -0.05) is 11.6 Å². The molecule has 1 saturated carbocycles. The Labute approximate surface area is 88.9 Å². The maximum Gasteiger partial charge on any atom is 0.134 e. The second kappa shape index (κ2) is 3.70. The van der Waals surface area contributed by atoms with Gasteiger partial charge < -0.3 is 10.4 Å². The monoisotopic (exact) mass is 211 g/mol. The minimum Gasteiger partial charge on any atom is -0.506 e. The van der Waals surface area contributed by atoms with Gasteiger partial charge in [-0.05, 0) is 43.9 Å². The zero-order valence-electron chi connectivity index (χ0n) is 8.13. The quantitative estimate of drug-likeness (QED) is 0.753. The molecule has 3 heteroatoms. The first kappa shape index (κ1) is 9.66. The Balaban J connectivity index is 2.04. The molecule has 0 aromatic heterocycles. The summed E-state index contributed by atoms with van der Waals surface area (Å²) in [6.45, 7) is 2.18. The first-order chi connectivity index (χ1) is 6.66. The molecular formula is C11H14ClNO. The number of phenols is 1. The Morgan fingerprint density at radius 1 is 1.50 bits per heavy atom. The van der Waals surface area contributed by atoms with Crippen molar-refractivity contribution in [3.8, 4) is 5.75 Å². The van der Waals surface area contributed by atoms with Gasteiger partial charge in [0.2, 0.25) is 0 Å². The SMILES string of the molecule is CC(Nc1ccc(O)c(Cl)c1)C1CC1. The lowest BCUT2D eigenvalue weighted by molar-refractivity contribution is 0.475. The molecule has 0 heterocycles. The second-order valence-corrected chi connectivity index (χ2v) is 4.34. The zero-order chi connectivity index (χ0) is 10.1. The zero-order valence-corrected chi connectivity index (χ0v) is 8.88. The fourth-order valence-electron chi connectivity index (χ4n) is 1.57. The minimum absolute atomic E-state index is 0.135. The van der Waals surface area contributed by atoms with Crippen LogP contribution < -0.4 is 5.32 Å². The Bertz CT molecular complexity index is 336. The normalized spacial score (nSPS) is 17.9. The van der Waals surface area contributed by atoms with Crippen LogP contribution in [0.4, 0.5) is 5.69 Å². The van der Waals surface area contributed by atoms with Crippen LogP contribution >= 0.6 is 11.6 Å². The minimum atomic E-state index is 0.135. The lowest BCUT2D eigenvalue weighted by Crippen LogP contribution is -2.16. The summed E-state index contributed by atoms with van der Waals surface area (Å²) in [5.41, 5.74) is 0.979. The highest BCUT2D eigenvalue weighted by Gasteiger charge is 2.27. The van der Waals surface area contributed by atoms with Gasteiger partial charge in [0.05, 0.1) is 5.02 Å². The van der Waals surface area contributed by atoms with E-state index in [9.17, 15) is 5.11 Å². The lowest BCUT2D eigenvalue weighted by Gasteiger charge is -2.14. The molecule has 14 heavy (non-hydrogen) atoms. The molecule has 2 N–H and O–H groups in total. The fourth-order valence-corrected chi connectivity index (χ4v) is 1.75. The fraction of sp³-hybridized carbons (Fsp3) is 0.455. The van der Waals surface area contributed by atoms with Crippen LogP contribution in [0.5, 0.6) is 5.75 Å². The summed E-state index contributed by atoms with van der Waals surface area (Å²) < 4.78 is 0. The van der Waals surface area contributed by atoms with Crippen molar-refractivity contribution in [1.82, 2.24) is 0 Å². The van der Waals surface area contributed by atoms with Crippen LogP contribution in [0.2, 0.25) is 5.02 Å². The summed E-state index contributed by atoms with van der Waals surface area (Å²) in [6.07, 6.45) is 2.64. The highest BCUT2D eigenvalue weighted by molar-refractivity contribution is 6.32. The molecule has 0 amide bonds. The highest BCUT2D eigenvalue weighted by atomic mass is 35.5. The standard InChI is InChI=1S/C11H14ClNO/c1-7(8-2-3-8)13-9-4-5-11(14)10(12)6-9/h4-8,13-14H,2-3H2,1H3. The van der Waals surface area contributed by atoms with Gasteiger partial charge in [-0.3, -0.25) is 0 Å². The van der Waals surface area contributed by atoms with Crippen LogP contribution in [0.3, 0.4) is 0 Å². The second-order valence-electron chi connectivity index (χ2n) is 3.94. The molecule has 0 bridgehead atoms. The van der Waals surface area contributed by atoms with Gasteiger partial charge in [-0.25, -0.2) is 0 Å². The molecule has 1 fully saturated rings. The molecule has 2 rings (SSSR count). The largest absolute Gasteiger partial charge is 0.506 e. The number of hydrogen-bond donors (Lipinski definition) is 2. The van der Waals surface area contributed by atoms with E-state index >= 15 is 0 Å². The first-order valence-electron chi connectivity index (χ1n) is 4.92. The van der Waals surface area contributed by atoms with E-state index in [1.54, 1.807) is 12.1 Å². The Morgan fingerprint density at radius 2 is 2.21 bits per heavy atom. The number of nitrogens with one attached hydrogen (secondary N) is 1. The van der Waals surface area contributed by atoms with Crippen LogP contribution in [0, 0.1) is 5.92 Å². The topological polar surface area (TPSA) is 32.3 Å². The number of benzene rings is 1. The Morgan fingerprint density at radius 3 is 2.79 bits per heavy atom. The maximum absolute atomic E-state index is 9.24. The number of rotatable bonds is 3. The highest BCUT2D eigenvalue weighted by Crippen LogP contribution is 2.34. The Hall–Kier alpha value is -0.890. The van der Waals surface area contributed by atoms with Gasteiger partial charge in [0, 0.05) is 11.7 Å². The number of halogens is 1. The molecule has 0 saturated heterocycles. The van der Waals surface area contributed by atoms with E-state index in [4.69, 9.17) is 11.6 Å². The van der Waals surface area contributed by atoms with Crippen LogP contribution in [0.1, 0.15) is 19.8 Å². The van der Waals surface area contributed by atoms with Gasteiger partial charge in [-0.2, -0.15) is 0 Å². The third kappa shape index (κ3) is 2.13. The van der Waals surface area contributed by atoms with Crippen molar-refractivity contribution in [2.24, 2.45) is 5.92 Å². The van der Waals surface area contributed by atoms with E-state index in [0.29, 0.717) is 11.1 Å².